The summed E-state index contributed by atoms with van der Waals surface area (Å²) in [6.07, 6.45) is 0.328. The lowest BCUT2D eigenvalue weighted by Gasteiger charge is -1.97. The number of anilines is 1. The van der Waals surface area contributed by atoms with Crippen molar-refractivity contribution < 1.29 is 4.79 Å². The van der Waals surface area contributed by atoms with Gasteiger partial charge in [0.1, 0.15) is 0 Å². The van der Waals surface area contributed by atoms with Crippen LogP contribution in [0.1, 0.15) is 12.0 Å². The fourth-order valence-corrected chi connectivity index (χ4v) is 2.28. The normalized spacial score (nSPS) is 10.6. The molecule has 1 aromatic heterocycles. The number of amides is 1. The maximum Gasteiger partial charge on any atom is 0.219 e. The smallest absolute Gasteiger partial charge is 0.219 e. The van der Waals surface area contributed by atoms with Crippen LogP contribution in [0.5, 0.6) is 0 Å². The summed E-state index contributed by atoms with van der Waals surface area (Å²) in [5.41, 5.74) is 7.24. The van der Waals surface area contributed by atoms with Crippen molar-refractivity contribution in [1.82, 2.24) is 4.98 Å². The molecule has 84 valence electrons. The predicted octanol–water partition coefficient (Wildman–Crippen LogP) is 1.89. The average Bonchev–Trinajstić information content (AvgIpc) is 2.58. The minimum Gasteiger partial charge on any atom is -0.370 e. The minimum atomic E-state index is -0.301. The van der Waals surface area contributed by atoms with Crippen LogP contribution in [0.2, 0.25) is 0 Å². The molecule has 0 radical (unpaired) electrons. The molecule has 0 aliphatic carbocycles. The predicted molar refractivity (Wildman–Crippen MR) is 66.7 cm³/mol. The number of carbonyl (C=O) groups is 1. The second kappa shape index (κ2) is 4.49. The van der Waals surface area contributed by atoms with E-state index in [0.29, 0.717) is 13.0 Å². The highest BCUT2D eigenvalue weighted by Gasteiger charge is 2.03. The van der Waals surface area contributed by atoms with Crippen LogP contribution in [0.4, 0.5) is 5.13 Å². The third kappa shape index (κ3) is 2.49. The van der Waals surface area contributed by atoms with Gasteiger partial charge in [-0.2, -0.15) is 0 Å². The van der Waals surface area contributed by atoms with E-state index in [9.17, 15) is 4.79 Å². The van der Waals surface area contributed by atoms with Crippen LogP contribution in [-0.2, 0) is 4.79 Å². The van der Waals surface area contributed by atoms with E-state index in [1.807, 2.05) is 13.0 Å². The second-order valence-corrected chi connectivity index (χ2v) is 4.66. The Hall–Kier alpha value is -1.62. The van der Waals surface area contributed by atoms with Gasteiger partial charge < -0.3 is 11.1 Å². The first-order chi connectivity index (χ1) is 7.65. The van der Waals surface area contributed by atoms with Gasteiger partial charge in [-0.25, -0.2) is 4.98 Å². The number of nitrogens with two attached hydrogens (primary N) is 1. The summed E-state index contributed by atoms with van der Waals surface area (Å²) in [6.45, 7) is 2.58. The summed E-state index contributed by atoms with van der Waals surface area (Å²) in [7, 11) is 0. The van der Waals surface area contributed by atoms with Gasteiger partial charge in [-0.1, -0.05) is 17.4 Å². The molecular formula is C11H13N3OS. The van der Waals surface area contributed by atoms with Gasteiger partial charge in [0.25, 0.3) is 0 Å². The summed E-state index contributed by atoms with van der Waals surface area (Å²) in [5.74, 6) is -0.301. The van der Waals surface area contributed by atoms with E-state index in [-0.39, 0.29) is 5.91 Å². The minimum absolute atomic E-state index is 0.301. The Morgan fingerprint density at radius 1 is 1.56 bits per heavy atom. The molecule has 0 unspecified atom stereocenters. The number of hydrogen-bond acceptors (Lipinski definition) is 4. The molecule has 0 saturated heterocycles. The number of hydrogen-bond donors (Lipinski definition) is 2. The van der Waals surface area contributed by atoms with Crippen molar-refractivity contribution in [3.05, 3.63) is 23.8 Å². The quantitative estimate of drug-likeness (QED) is 0.850. The van der Waals surface area contributed by atoms with Crippen molar-refractivity contribution in [2.75, 3.05) is 11.9 Å². The van der Waals surface area contributed by atoms with E-state index < -0.39 is 0 Å². The molecule has 0 saturated carbocycles. The summed E-state index contributed by atoms with van der Waals surface area (Å²) >= 11 is 1.58. The molecule has 0 aliphatic rings. The standard InChI is InChI=1S/C11H13N3OS/c1-7-2-3-9-8(6-7)14-11(16-9)13-5-4-10(12)15/h2-3,6H,4-5H2,1H3,(H2,12,15)(H,13,14). The zero-order valence-electron chi connectivity index (χ0n) is 8.99. The van der Waals surface area contributed by atoms with Crippen molar-refractivity contribution in [2.45, 2.75) is 13.3 Å². The average molecular weight is 235 g/mol. The van der Waals surface area contributed by atoms with Gasteiger partial charge in [-0.3, -0.25) is 4.79 Å². The van der Waals surface area contributed by atoms with Crippen LogP contribution in [-0.4, -0.2) is 17.4 Å². The number of primary amides is 1. The zero-order valence-corrected chi connectivity index (χ0v) is 9.80. The first kappa shape index (κ1) is 10.9. The number of carbonyl (C=O) groups excluding carboxylic acids is 1. The summed E-state index contributed by atoms with van der Waals surface area (Å²) < 4.78 is 1.15. The summed E-state index contributed by atoms with van der Waals surface area (Å²) in [4.78, 5) is 15.0. The van der Waals surface area contributed by atoms with Gasteiger partial charge in [0, 0.05) is 13.0 Å². The number of fused-ring (bicyclic) bond motifs is 1. The largest absolute Gasteiger partial charge is 0.370 e. The molecule has 1 heterocycles. The van der Waals surface area contributed by atoms with E-state index in [1.54, 1.807) is 11.3 Å². The van der Waals surface area contributed by atoms with Crippen LogP contribution in [0.15, 0.2) is 18.2 Å². The lowest BCUT2D eigenvalue weighted by Crippen LogP contribution is -2.15. The van der Waals surface area contributed by atoms with Crippen LogP contribution in [0.3, 0.4) is 0 Å². The van der Waals surface area contributed by atoms with Crippen molar-refractivity contribution in [2.24, 2.45) is 5.73 Å². The molecule has 5 heteroatoms. The fourth-order valence-electron chi connectivity index (χ4n) is 1.41. The molecule has 0 aliphatic heterocycles. The van der Waals surface area contributed by atoms with Crippen LogP contribution in [0, 0.1) is 6.92 Å². The maximum absolute atomic E-state index is 10.6. The third-order valence-electron chi connectivity index (χ3n) is 2.19. The van der Waals surface area contributed by atoms with Crippen molar-refractivity contribution in [3.8, 4) is 0 Å². The number of nitrogens with zero attached hydrogens (tertiary/aromatic N) is 1. The van der Waals surface area contributed by atoms with Gasteiger partial charge in [-0.05, 0) is 24.6 Å². The molecule has 1 aromatic carbocycles. The topological polar surface area (TPSA) is 68.0 Å². The first-order valence-electron chi connectivity index (χ1n) is 5.04. The molecule has 0 spiro atoms. The molecule has 2 aromatic rings. The highest BCUT2D eigenvalue weighted by atomic mass is 32.1. The number of thiazole rings is 1. The Morgan fingerprint density at radius 3 is 3.12 bits per heavy atom. The molecule has 0 bridgehead atoms. The van der Waals surface area contributed by atoms with Gasteiger partial charge in [0.15, 0.2) is 5.13 Å². The van der Waals surface area contributed by atoms with Crippen molar-refractivity contribution in [1.29, 1.82) is 0 Å². The molecule has 3 N–H and O–H groups in total. The van der Waals surface area contributed by atoms with E-state index in [4.69, 9.17) is 5.73 Å². The van der Waals surface area contributed by atoms with E-state index >= 15 is 0 Å². The van der Waals surface area contributed by atoms with E-state index in [2.05, 4.69) is 22.4 Å². The number of aryl methyl sites for hydroxylation is 1. The van der Waals surface area contributed by atoms with Crippen LogP contribution < -0.4 is 11.1 Å². The fraction of sp³-hybridized carbons (Fsp3) is 0.273. The molecule has 4 nitrogen and oxygen atoms in total. The highest BCUT2D eigenvalue weighted by Crippen LogP contribution is 2.26. The molecular weight excluding hydrogens is 222 g/mol. The van der Waals surface area contributed by atoms with Gasteiger partial charge in [0.05, 0.1) is 10.2 Å². The lowest BCUT2D eigenvalue weighted by atomic mass is 10.2. The second-order valence-electron chi connectivity index (χ2n) is 3.63. The van der Waals surface area contributed by atoms with Gasteiger partial charge in [-0.15, -0.1) is 0 Å². The Morgan fingerprint density at radius 2 is 2.38 bits per heavy atom. The van der Waals surface area contributed by atoms with E-state index in [0.717, 1.165) is 15.3 Å². The van der Waals surface area contributed by atoms with Crippen molar-refractivity contribution in [3.63, 3.8) is 0 Å². The number of rotatable bonds is 4. The molecule has 0 fully saturated rings. The molecule has 2 rings (SSSR count). The molecule has 1 amide bonds. The SMILES string of the molecule is Cc1ccc2sc(NCCC(N)=O)nc2c1. The first-order valence-corrected chi connectivity index (χ1v) is 5.86. The summed E-state index contributed by atoms with van der Waals surface area (Å²) in [5, 5.41) is 3.93. The number of aromatic nitrogens is 1. The number of nitrogens with one attached hydrogen (secondary N) is 1. The van der Waals surface area contributed by atoms with Crippen molar-refractivity contribution >= 4 is 32.6 Å². The highest BCUT2D eigenvalue weighted by molar-refractivity contribution is 7.22. The zero-order chi connectivity index (χ0) is 11.5. The van der Waals surface area contributed by atoms with Crippen LogP contribution >= 0.6 is 11.3 Å². The number of benzene rings is 1. The third-order valence-corrected chi connectivity index (χ3v) is 3.18. The monoisotopic (exact) mass is 235 g/mol. The Kier molecular flexibility index (Phi) is 3.05. The maximum atomic E-state index is 10.6. The Balaban J connectivity index is 2.10. The summed E-state index contributed by atoms with van der Waals surface area (Å²) in [6, 6.07) is 6.17. The molecule has 16 heavy (non-hydrogen) atoms. The van der Waals surface area contributed by atoms with Crippen LogP contribution in [0.25, 0.3) is 10.2 Å². The lowest BCUT2D eigenvalue weighted by molar-refractivity contribution is -0.117. The Labute approximate surface area is 97.5 Å². The van der Waals surface area contributed by atoms with Gasteiger partial charge >= 0.3 is 0 Å². The Bertz CT molecular complexity index is 521. The van der Waals surface area contributed by atoms with E-state index in [1.165, 1.54) is 5.56 Å². The molecule has 0 atom stereocenters. The van der Waals surface area contributed by atoms with Gasteiger partial charge in [0.2, 0.25) is 5.91 Å².